The summed E-state index contributed by atoms with van der Waals surface area (Å²) in [6, 6.07) is 0. The summed E-state index contributed by atoms with van der Waals surface area (Å²) in [5.74, 6) is -0.256. The maximum absolute atomic E-state index is 10.9. The smallest absolute Gasteiger partial charge is 1.00 e. The van der Waals surface area contributed by atoms with E-state index in [9.17, 15) is 5.11 Å². The molecule has 0 aromatic heterocycles. The van der Waals surface area contributed by atoms with Crippen LogP contribution in [0.4, 0.5) is 0 Å². The Morgan fingerprint density at radius 1 is 1.75 bits per heavy atom. The van der Waals surface area contributed by atoms with E-state index in [0.717, 1.165) is 0 Å². The summed E-state index contributed by atoms with van der Waals surface area (Å²) in [7, 11) is 0. The molecule has 0 N–H and O–H groups in total. The minimum atomic E-state index is -0.256. The van der Waals surface area contributed by atoms with Crippen molar-refractivity contribution in [2.75, 3.05) is 6.61 Å². The zero-order valence-corrected chi connectivity index (χ0v) is 12.0. The summed E-state index contributed by atoms with van der Waals surface area (Å²) in [5, 5.41) is 13.7. The first-order chi connectivity index (χ1) is 4.84. The number of allylic oxidation sites excluding steroid dienone is 2. The van der Waals surface area contributed by atoms with Crippen LogP contribution in [0.3, 0.4) is 0 Å². The first-order valence-electron chi connectivity index (χ1n) is 2.97. The van der Waals surface area contributed by atoms with Crippen LogP contribution < -0.4 is 22.1 Å². The van der Waals surface area contributed by atoms with Crippen molar-refractivity contribution in [3.8, 4) is 5.18 Å². The monoisotopic (exact) mass is 298 g/mol. The Bertz CT molecular complexity index is 252. The van der Waals surface area contributed by atoms with Crippen molar-refractivity contribution in [2.24, 2.45) is 0 Å². The quantitative estimate of drug-likeness (QED) is 0.429. The predicted octanol–water partition coefficient (Wildman–Crippen LogP) is -2.18. The zero-order chi connectivity index (χ0) is 7.40. The van der Waals surface area contributed by atoms with Gasteiger partial charge in [-0.25, -0.2) is 0 Å². The van der Waals surface area contributed by atoms with E-state index in [0.29, 0.717) is 11.5 Å². The van der Waals surface area contributed by atoms with E-state index < -0.39 is 0 Å². The average molecular weight is 300 g/mol. The molecule has 1 heterocycles. The van der Waals surface area contributed by atoms with E-state index in [-0.39, 0.29) is 42.4 Å². The number of rotatable bonds is 2. The third kappa shape index (κ3) is 4.27. The summed E-state index contributed by atoms with van der Waals surface area (Å²) in [6.45, 7) is 2.21. The van der Waals surface area contributed by atoms with Gasteiger partial charge in [0.15, 0.2) is 0 Å². The van der Waals surface area contributed by atoms with Crippen LogP contribution in [-0.4, -0.2) is 6.61 Å². The second-order valence-electron chi connectivity index (χ2n) is 1.64. The molecule has 0 aliphatic carbocycles. The van der Waals surface area contributed by atoms with Crippen LogP contribution >= 0.6 is 11.2 Å². The molecule has 0 fully saturated rings. The van der Waals surface area contributed by atoms with Gasteiger partial charge < -0.3 is 26.8 Å². The second-order valence-corrected chi connectivity index (χ2v) is 2.52. The summed E-state index contributed by atoms with van der Waals surface area (Å²) >= 11 is 1.27. The molecule has 0 unspecified atom stereocenters. The van der Waals surface area contributed by atoms with E-state index in [1.807, 2.05) is 0 Å². The largest absolute Gasteiger partial charge is 2.00 e. The molecule has 5 heteroatoms. The fraction of sp³-hybridized carbons (Fsp3) is 0.286. The van der Waals surface area contributed by atoms with Gasteiger partial charge in [0.1, 0.15) is 0 Å². The van der Waals surface area contributed by atoms with Gasteiger partial charge in [-0.2, -0.15) is 0 Å². The van der Waals surface area contributed by atoms with Crippen LogP contribution in [0.15, 0.2) is 23.0 Å². The van der Waals surface area contributed by atoms with Crippen molar-refractivity contribution in [1.29, 1.82) is 0 Å². The Hall–Kier alpha value is 0.183. The summed E-state index contributed by atoms with van der Waals surface area (Å²) in [6.07, 6.45) is 3.40. The molecule has 12 heavy (non-hydrogen) atoms. The Morgan fingerprint density at radius 3 is 2.83 bits per heavy atom. The Kier molecular flexibility index (Phi) is 9.57. The van der Waals surface area contributed by atoms with E-state index in [1.54, 1.807) is 19.1 Å². The minimum absolute atomic E-state index is 0. The molecule has 0 aromatic rings. The predicted molar refractivity (Wildman–Crippen MR) is 39.3 cm³/mol. The van der Waals surface area contributed by atoms with E-state index >= 15 is 0 Å². The first-order valence-corrected chi connectivity index (χ1v) is 3.79. The van der Waals surface area contributed by atoms with Crippen molar-refractivity contribution in [2.45, 2.75) is 6.92 Å². The summed E-state index contributed by atoms with van der Waals surface area (Å²) in [4.78, 5) is 0.613. The summed E-state index contributed by atoms with van der Waals surface area (Å²) < 4.78 is 4.74. The molecule has 1 rings (SSSR count). The maximum Gasteiger partial charge on any atom is 2.00 e. The molecular formula is C7H7BrO2SZn. The van der Waals surface area contributed by atoms with Gasteiger partial charge in [-0.15, -0.1) is 0 Å². The van der Waals surface area contributed by atoms with Crippen LogP contribution in [0.1, 0.15) is 6.92 Å². The number of hydrogen-bond donors (Lipinski definition) is 0. The fourth-order valence-electron chi connectivity index (χ4n) is 0.553. The van der Waals surface area contributed by atoms with Crippen LogP contribution in [0.5, 0.6) is 0 Å². The molecule has 1 aliphatic heterocycles. The fourth-order valence-corrected chi connectivity index (χ4v) is 1.09. The SMILES string of the molecule is CCO/C([O-])=C1/C=CC#S1.[Br-].[Zn+2]. The zero-order valence-electron chi connectivity index (χ0n) is 6.67. The van der Waals surface area contributed by atoms with Gasteiger partial charge in [-0.3, -0.25) is 0 Å². The van der Waals surface area contributed by atoms with E-state index in [1.165, 1.54) is 11.2 Å². The molecule has 0 radical (unpaired) electrons. The minimum Gasteiger partial charge on any atom is -1.00 e. The van der Waals surface area contributed by atoms with E-state index in [2.05, 4.69) is 5.18 Å². The van der Waals surface area contributed by atoms with Gasteiger partial charge in [0.2, 0.25) is 0 Å². The molecule has 0 saturated heterocycles. The topological polar surface area (TPSA) is 32.3 Å². The second kappa shape index (κ2) is 7.81. The third-order valence-corrected chi connectivity index (χ3v) is 1.72. The van der Waals surface area contributed by atoms with Gasteiger partial charge in [0.05, 0.1) is 10.9 Å². The Labute approximate surface area is 98.8 Å². The van der Waals surface area contributed by atoms with Crippen LogP contribution in [-0.2, 0) is 24.2 Å². The number of ether oxygens (including phenoxy) is 1. The average Bonchev–Trinajstić information content (AvgIpc) is 2.38. The normalized spacial score (nSPS) is 15.8. The molecule has 62 valence electrons. The van der Waals surface area contributed by atoms with Crippen molar-refractivity contribution in [3.63, 3.8) is 0 Å². The van der Waals surface area contributed by atoms with Crippen LogP contribution in [0.2, 0.25) is 0 Å². The van der Waals surface area contributed by atoms with Crippen molar-refractivity contribution in [3.05, 3.63) is 23.0 Å². The van der Waals surface area contributed by atoms with Crippen molar-refractivity contribution >= 4 is 11.2 Å². The van der Waals surface area contributed by atoms with Gasteiger partial charge in [0, 0.05) is 0 Å². The molecular weight excluding hydrogens is 293 g/mol. The molecule has 0 bridgehead atoms. The van der Waals surface area contributed by atoms with Gasteiger partial charge in [0.25, 0.3) is 0 Å². The van der Waals surface area contributed by atoms with Crippen molar-refractivity contribution in [1.82, 2.24) is 0 Å². The molecule has 0 saturated carbocycles. The van der Waals surface area contributed by atoms with Gasteiger partial charge >= 0.3 is 19.5 Å². The van der Waals surface area contributed by atoms with Gasteiger partial charge in [-0.05, 0) is 18.8 Å². The molecule has 1 aliphatic rings. The summed E-state index contributed by atoms with van der Waals surface area (Å²) in [5.41, 5.74) is 0. The van der Waals surface area contributed by atoms with E-state index in [4.69, 9.17) is 4.74 Å². The Morgan fingerprint density at radius 2 is 2.42 bits per heavy atom. The molecule has 0 amide bonds. The molecule has 2 nitrogen and oxygen atoms in total. The third-order valence-electron chi connectivity index (χ3n) is 0.948. The maximum atomic E-state index is 10.9. The number of hydrogen-bond acceptors (Lipinski definition) is 2. The Balaban J connectivity index is 0. The first kappa shape index (κ1) is 14.7. The van der Waals surface area contributed by atoms with Gasteiger partial charge in [-0.1, -0.05) is 23.3 Å². The van der Waals surface area contributed by atoms with Crippen LogP contribution in [0.25, 0.3) is 0 Å². The number of halogens is 1. The van der Waals surface area contributed by atoms with Crippen molar-refractivity contribution < 1.29 is 46.3 Å². The standard InChI is InChI=1S/C7H8O2S.BrH.Zn/c1-2-9-7(8)6-4-3-5-10-6;;/h3-4,8H,2H2,1H3;1H;/q;;+2/p-2/b7-6-;;. The molecule has 0 spiro atoms. The molecule has 0 atom stereocenters. The van der Waals surface area contributed by atoms with Crippen LogP contribution in [0, 0.1) is 5.18 Å². The molecule has 0 aromatic carbocycles.